The fourth-order valence-electron chi connectivity index (χ4n) is 8.26. The molecule has 0 rings (SSSR count). The maximum absolute atomic E-state index is 12.9. The van der Waals surface area contributed by atoms with Crippen LogP contribution in [0.25, 0.3) is 0 Å². The van der Waals surface area contributed by atoms with E-state index in [-0.39, 0.29) is 25.2 Å². The quantitative estimate of drug-likeness (QED) is 0.0346. The Balaban J connectivity index is 4.29. The van der Waals surface area contributed by atoms with E-state index in [1.165, 1.54) is 186 Å². The lowest BCUT2D eigenvalue weighted by Crippen LogP contribution is -2.30. The Morgan fingerprint density at radius 1 is 0.348 bits per heavy atom. The minimum atomic E-state index is -0.547. The molecule has 0 aliphatic heterocycles. The molecule has 0 aliphatic rings. The van der Waals surface area contributed by atoms with Crippen LogP contribution in [0.2, 0.25) is 0 Å². The fourth-order valence-corrected chi connectivity index (χ4v) is 8.26. The van der Waals surface area contributed by atoms with Gasteiger partial charge in [0.25, 0.3) is 0 Å². The van der Waals surface area contributed by atoms with Crippen LogP contribution in [0.5, 0.6) is 0 Å². The van der Waals surface area contributed by atoms with Crippen molar-refractivity contribution in [3.05, 3.63) is 60.8 Å². The lowest BCUT2D eigenvalue weighted by molar-refractivity contribution is -0.163. The molecule has 0 bridgehead atoms. The molecule has 0 heterocycles. The number of hydrogen-bond acceptors (Lipinski definition) is 5. The average molecular weight is 924 g/mol. The SMILES string of the molecule is CC/C=C\C/C=C\C/C=C\C/C=C\CCCCCCCOCC(COC(=O)CCCCCCCCC/C=C\CCCCCCCC)OC(=O)CCCCCCCCCCCCCCCCC. The number of unbranched alkanes of at least 4 members (excludes halogenated alkanes) is 32. The summed E-state index contributed by atoms with van der Waals surface area (Å²) in [7, 11) is 0. The van der Waals surface area contributed by atoms with Crippen LogP contribution in [0.4, 0.5) is 0 Å². The van der Waals surface area contributed by atoms with Crippen molar-refractivity contribution in [1.29, 1.82) is 0 Å². The molecular weight excluding hydrogens is 813 g/mol. The van der Waals surface area contributed by atoms with Gasteiger partial charge >= 0.3 is 11.9 Å². The molecule has 5 nitrogen and oxygen atoms in total. The van der Waals surface area contributed by atoms with Crippen LogP contribution in [0.15, 0.2) is 60.8 Å². The molecule has 66 heavy (non-hydrogen) atoms. The van der Waals surface area contributed by atoms with E-state index in [1.54, 1.807) is 0 Å². The minimum Gasteiger partial charge on any atom is -0.462 e. The lowest BCUT2D eigenvalue weighted by atomic mass is 10.0. The summed E-state index contributed by atoms with van der Waals surface area (Å²) in [6, 6.07) is 0. The number of ether oxygens (including phenoxy) is 3. The maximum Gasteiger partial charge on any atom is 0.306 e. The highest BCUT2D eigenvalue weighted by molar-refractivity contribution is 5.70. The van der Waals surface area contributed by atoms with Crippen LogP contribution in [0.1, 0.15) is 290 Å². The molecule has 0 amide bonds. The van der Waals surface area contributed by atoms with Crippen LogP contribution in [-0.4, -0.2) is 37.9 Å². The second-order valence-corrected chi connectivity index (χ2v) is 19.2. The van der Waals surface area contributed by atoms with Gasteiger partial charge in [0.05, 0.1) is 6.61 Å². The molecule has 0 saturated heterocycles. The summed E-state index contributed by atoms with van der Waals surface area (Å²) in [4.78, 5) is 25.5. The van der Waals surface area contributed by atoms with Crippen LogP contribution in [0.3, 0.4) is 0 Å². The van der Waals surface area contributed by atoms with Gasteiger partial charge in [-0.15, -0.1) is 0 Å². The first-order chi connectivity index (χ1) is 32.6. The van der Waals surface area contributed by atoms with Gasteiger partial charge in [-0.1, -0.05) is 255 Å². The largest absolute Gasteiger partial charge is 0.462 e. The Kier molecular flexibility index (Phi) is 54.9. The molecule has 0 N–H and O–H groups in total. The van der Waals surface area contributed by atoms with Gasteiger partial charge in [-0.25, -0.2) is 0 Å². The fraction of sp³-hybridized carbons (Fsp3) is 0.803. The Morgan fingerprint density at radius 2 is 0.682 bits per heavy atom. The normalized spacial score (nSPS) is 12.6. The number of allylic oxidation sites excluding steroid dienone is 10. The smallest absolute Gasteiger partial charge is 0.306 e. The van der Waals surface area contributed by atoms with Crippen LogP contribution < -0.4 is 0 Å². The molecule has 5 heteroatoms. The first-order valence-corrected chi connectivity index (χ1v) is 28.8. The van der Waals surface area contributed by atoms with Crippen molar-refractivity contribution in [2.45, 2.75) is 297 Å². The highest BCUT2D eigenvalue weighted by Crippen LogP contribution is 2.16. The van der Waals surface area contributed by atoms with Gasteiger partial charge in [0.2, 0.25) is 0 Å². The third-order valence-corrected chi connectivity index (χ3v) is 12.5. The predicted molar refractivity (Wildman–Crippen MR) is 288 cm³/mol. The molecule has 0 saturated carbocycles. The monoisotopic (exact) mass is 923 g/mol. The zero-order chi connectivity index (χ0) is 47.7. The Hall–Kier alpha value is -2.40. The van der Waals surface area contributed by atoms with Gasteiger partial charge in [-0.3, -0.25) is 9.59 Å². The van der Waals surface area contributed by atoms with Crippen molar-refractivity contribution < 1.29 is 23.8 Å². The average Bonchev–Trinajstić information content (AvgIpc) is 3.32. The Labute approximate surface area is 411 Å². The van der Waals surface area contributed by atoms with E-state index in [0.717, 1.165) is 70.6 Å². The van der Waals surface area contributed by atoms with Gasteiger partial charge in [0.15, 0.2) is 6.10 Å². The Morgan fingerprint density at radius 3 is 1.11 bits per heavy atom. The zero-order valence-corrected chi connectivity index (χ0v) is 44.2. The standard InChI is InChI=1S/C61H110O5/c1-4-7-10-13-16-19-22-25-28-30-32-35-38-41-44-47-50-53-56-64-57-59(66-61(63)55-52-49-46-43-40-37-33-27-24-21-18-15-12-9-6-3)58-65-60(62)54-51-48-45-42-39-36-34-31-29-26-23-20-17-14-11-8-5-2/h7,10,16,19,25-26,28-29,32,35,59H,4-6,8-9,11-15,17-18,20-24,27,30-31,33-34,36-58H2,1-3H3/b10-7-,19-16-,28-25-,29-26-,35-32-. The zero-order valence-electron chi connectivity index (χ0n) is 44.2. The lowest BCUT2D eigenvalue weighted by Gasteiger charge is -2.18. The first kappa shape index (κ1) is 63.6. The van der Waals surface area contributed by atoms with Gasteiger partial charge in [-0.2, -0.15) is 0 Å². The minimum absolute atomic E-state index is 0.0775. The predicted octanol–water partition coefficient (Wildman–Crippen LogP) is 19.7. The van der Waals surface area contributed by atoms with E-state index in [1.807, 2.05) is 0 Å². The summed E-state index contributed by atoms with van der Waals surface area (Å²) in [5.74, 6) is -0.400. The molecule has 0 aromatic rings. The molecule has 0 spiro atoms. The summed E-state index contributed by atoms with van der Waals surface area (Å²) in [5, 5.41) is 0. The molecule has 0 aromatic heterocycles. The summed E-state index contributed by atoms with van der Waals surface area (Å²) in [6.07, 6.45) is 72.4. The van der Waals surface area contributed by atoms with Crippen molar-refractivity contribution in [2.24, 2.45) is 0 Å². The summed E-state index contributed by atoms with van der Waals surface area (Å²) >= 11 is 0. The molecule has 0 radical (unpaired) electrons. The summed E-state index contributed by atoms with van der Waals surface area (Å²) in [5.41, 5.74) is 0. The van der Waals surface area contributed by atoms with E-state index in [9.17, 15) is 9.59 Å². The molecule has 1 unspecified atom stereocenters. The highest BCUT2D eigenvalue weighted by atomic mass is 16.6. The third-order valence-electron chi connectivity index (χ3n) is 12.5. The summed E-state index contributed by atoms with van der Waals surface area (Å²) in [6.45, 7) is 7.71. The summed E-state index contributed by atoms with van der Waals surface area (Å²) < 4.78 is 17.5. The van der Waals surface area contributed by atoms with Crippen molar-refractivity contribution in [1.82, 2.24) is 0 Å². The third kappa shape index (κ3) is 54.2. The van der Waals surface area contributed by atoms with E-state index < -0.39 is 6.10 Å². The molecule has 0 fully saturated rings. The number of carbonyl (C=O) groups is 2. The van der Waals surface area contributed by atoms with Gasteiger partial charge in [-0.05, 0) is 83.5 Å². The van der Waals surface area contributed by atoms with E-state index in [2.05, 4.69) is 81.5 Å². The van der Waals surface area contributed by atoms with Crippen molar-refractivity contribution in [3.63, 3.8) is 0 Å². The molecule has 0 aromatic carbocycles. The molecule has 0 aliphatic carbocycles. The highest BCUT2D eigenvalue weighted by Gasteiger charge is 2.17. The molecular formula is C61H110O5. The topological polar surface area (TPSA) is 61.8 Å². The second kappa shape index (κ2) is 56.9. The van der Waals surface area contributed by atoms with Crippen molar-refractivity contribution in [2.75, 3.05) is 19.8 Å². The second-order valence-electron chi connectivity index (χ2n) is 19.2. The van der Waals surface area contributed by atoms with Crippen LogP contribution in [-0.2, 0) is 23.8 Å². The van der Waals surface area contributed by atoms with Crippen LogP contribution >= 0.6 is 0 Å². The van der Waals surface area contributed by atoms with Crippen LogP contribution in [0, 0.1) is 0 Å². The number of rotatable bonds is 53. The van der Waals surface area contributed by atoms with E-state index >= 15 is 0 Å². The maximum atomic E-state index is 12.9. The van der Waals surface area contributed by atoms with Crippen molar-refractivity contribution in [3.8, 4) is 0 Å². The first-order valence-electron chi connectivity index (χ1n) is 28.8. The van der Waals surface area contributed by atoms with Gasteiger partial charge in [0.1, 0.15) is 6.61 Å². The Bertz CT molecular complexity index is 1130. The number of carbonyl (C=O) groups excluding carboxylic acids is 2. The van der Waals surface area contributed by atoms with Gasteiger partial charge < -0.3 is 14.2 Å². The molecule has 1 atom stereocenters. The number of hydrogen-bond donors (Lipinski definition) is 0. The van der Waals surface area contributed by atoms with Crippen molar-refractivity contribution >= 4 is 11.9 Å². The number of esters is 2. The van der Waals surface area contributed by atoms with E-state index in [0.29, 0.717) is 19.4 Å². The molecule has 384 valence electrons. The van der Waals surface area contributed by atoms with E-state index in [4.69, 9.17) is 14.2 Å². The van der Waals surface area contributed by atoms with Gasteiger partial charge in [0, 0.05) is 19.4 Å².